The Balaban J connectivity index is 1.20. The summed E-state index contributed by atoms with van der Waals surface area (Å²) in [5.74, 6) is 0. The second kappa shape index (κ2) is 12.6. The number of fused-ring (bicyclic) bond motifs is 10. The standard InChI is InChI=1S/C55H50BN3S/c1-35-30-47-50-48(31-35)59-51-42(54(5)28-15-16-29-55(54,59)6)32-36(53(2,3)4)33-44(51)56(50)43-27-26-39(57(37-18-9-7-10-19-37)38-20-11-8-12-21-38)34-46(43)58(47)45-24-17-23-41-40-22-13-14-25-49(40)60-52(41)45/h7-14,17-27,30-34H,15-16,28-29H2,1-6H3. The van der Waals surface area contributed by atoms with Gasteiger partial charge >= 0.3 is 0 Å². The number of para-hydroxylation sites is 2. The molecule has 1 saturated carbocycles. The molecule has 3 aliphatic heterocycles. The molecule has 60 heavy (non-hydrogen) atoms. The maximum Gasteiger partial charge on any atom is 0.252 e. The predicted molar refractivity (Wildman–Crippen MR) is 260 cm³/mol. The molecular formula is C55H50BN3S. The zero-order valence-corrected chi connectivity index (χ0v) is 36.3. The summed E-state index contributed by atoms with van der Waals surface area (Å²) in [5.41, 5.74) is 18.7. The van der Waals surface area contributed by atoms with Gasteiger partial charge in [0.2, 0.25) is 0 Å². The molecule has 2 unspecified atom stereocenters. The van der Waals surface area contributed by atoms with Crippen LogP contribution >= 0.6 is 11.3 Å². The highest BCUT2D eigenvalue weighted by molar-refractivity contribution is 7.26. The molecule has 0 spiro atoms. The Morgan fingerprint density at radius 1 is 0.617 bits per heavy atom. The number of aryl methyl sites for hydroxylation is 1. The van der Waals surface area contributed by atoms with E-state index in [0.717, 1.165) is 17.1 Å². The van der Waals surface area contributed by atoms with E-state index in [1.165, 1.54) is 102 Å². The third kappa shape index (κ3) is 4.84. The first-order valence-corrected chi connectivity index (χ1v) is 22.8. The van der Waals surface area contributed by atoms with Crippen LogP contribution in [0.25, 0.3) is 20.2 Å². The van der Waals surface area contributed by atoms with Crippen molar-refractivity contribution in [2.75, 3.05) is 14.7 Å². The van der Waals surface area contributed by atoms with Gasteiger partial charge in [-0.2, -0.15) is 0 Å². The van der Waals surface area contributed by atoms with Crippen molar-refractivity contribution >= 4 is 100 Å². The van der Waals surface area contributed by atoms with Gasteiger partial charge in [0.1, 0.15) is 0 Å². The van der Waals surface area contributed by atoms with E-state index in [1.807, 2.05) is 11.3 Å². The maximum absolute atomic E-state index is 2.87. The molecule has 2 atom stereocenters. The van der Waals surface area contributed by atoms with Crippen molar-refractivity contribution in [3.8, 4) is 0 Å². The number of thiophene rings is 1. The molecule has 7 aromatic carbocycles. The van der Waals surface area contributed by atoms with Gasteiger partial charge in [0.25, 0.3) is 6.71 Å². The first kappa shape index (κ1) is 36.1. The summed E-state index contributed by atoms with van der Waals surface area (Å²) in [6.45, 7) is 14.8. The minimum Gasteiger partial charge on any atom is -0.335 e. The molecule has 3 nitrogen and oxygen atoms in total. The summed E-state index contributed by atoms with van der Waals surface area (Å²) in [6, 6.07) is 55.3. The van der Waals surface area contributed by atoms with Gasteiger partial charge in [-0.15, -0.1) is 11.3 Å². The van der Waals surface area contributed by atoms with Gasteiger partial charge < -0.3 is 14.7 Å². The van der Waals surface area contributed by atoms with Crippen LogP contribution in [0.2, 0.25) is 0 Å². The monoisotopic (exact) mass is 795 g/mol. The van der Waals surface area contributed by atoms with E-state index < -0.39 is 0 Å². The van der Waals surface area contributed by atoms with Crippen molar-refractivity contribution in [2.24, 2.45) is 0 Å². The minimum absolute atomic E-state index is 0.00679. The Bertz CT molecular complexity index is 3020. The average Bonchev–Trinajstić information content (AvgIpc) is 3.73. The van der Waals surface area contributed by atoms with Crippen molar-refractivity contribution in [1.29, 1.82) is 0 Å². The van der Waals surface area contributed by atoms with E-state index in [9.17, 15) is 0 Å². The maximum atomic E-state index is 2.87. The van der Waals surface area contributed by atoms with Crippen LogP contribution in [-0.2, 0) is 10.8 Å². The van der Waals surface area contributed by atoms with Crippen molar-refractivity contribution in [1.82, 2.24) is 0 Å². The fraction of sp³-hybridized carbons (Fsp3) is 0.236. The molecule has 1 fully saturated rings. The zero-order valence-electron chi connectivity index (χ0n) is 35.5. The number of hydrogen-bond donors (Lipinski definition) is 0. The van der Waals surface area contributed by atoms with Gasteiger partial charge in [-0.1, -0.05) is 125 Å². The van der Waals surface area contributed by atoms with E-state index in [2.05, 4.69) is 202 Å². The molecule has 1 aromatic heterocycles. The fourth-order valence-corrected chi connectivity index (χ4v) is 13.0. The Morgan fingerprint density at radius 2 is 1.30 bits per heavy atom. The molecule has 0 bridgehead atoms. The quantitative estimate of drug-likeness (QED) is 0.164. The van der Waals surface area contributed by atoms with E-state index in [4.69, 9.17) is 0 Å². The molecule has 12 rings (SSSR count). The molecule has 294 valence electrons. The lowest BCUT2D eigenvalue weighted by atomic mass is 9.33. The fourth-order valence-electron chi connectivity index (χ4n) is 11.8. The van der Waals surface area contributed by atoms with Crippen LogP contribution in [0.1, 0.15) is 77.0 Å². The topological polar surface area (TPSA) is 9.72 Å². The number of nitrogens with zero attached hydrogens (tertiary/aromatic N) is 3. The number of anilines is 8. The highest BCUT2D eigenvalue weighted by Gasteiger charge is 2.61. The first-order valence-electron chi connectivity index (χ1n) is 21.9. The van der Waals surface area contributed by atoms with Crippen LogP contribution in [0.3, 0.4) is 0 Å². The minimum atomic E-state index is -0.0301. The van der Waals surface area contributed by atoms with Crippen molar-refractivity contribution in [2.45, 2.75) is 83.6 Å². The van der Waals surface area contributed by atoms with E-state index in [1.54, 1.807) is 5.56 Å². The third-order valence-electron chi connectivity index (χ3n) is 14.9. The van der Waals surface area contributed by atoms with Gasteiger partial charge in [0.15, 0.2) is 0 Å². The van der Waals surface area contributed by atoms with Crippen molar-refractivity contribution < 1.29 is 0 Å². The highest BCUT2D eigenvalue weighted by Crippen LogP contribution is 2.62. The van der Waals surface area contributed by atoms with Crippen LogP contribution in [0.4, 0.5) is 45.5 Å². The lowest BCUT2D eigenvalue weighted by Crippen LogP contribution is -2.64. The summed E-state index contributed by atoms with van der Waals surface area (Å²) in [4.78, 5) is 7.95. The smallest absolute Gasteiger partial charge is 0.252 e. The Morgan fingerprint density at radius 3 is 2.05 bits per heavy atom. The van der Waals surface area contributed by atoms with Crippen LogP contribution in [0.5, 0.6) is 0 Å². The van der Waals surface area contributed by atoms with Gasteiger partial charge in [-0.3, -0.25) is 0 Å². The zero-order chi connectivity index (χ0) is 40.7. The lowest BCUT2D eigenvalue weighted by Gasteiger charge is -2.53. The van der Waals surface area contributed by atoms with Crippen LogP contribution in [0.15, 0.2) is 146 Å². The molecule has 0 amide bonds. The van der Waals surface area contributed by atoms with Crippen LogP contribution in [-0.4, -0.2) is 12.3 Å². The second-order valence-electron chi connectivity index (χ2n) is 19.3. The molecule has 0 radical (unpaired) electrons. The molecule has 4 aliphatic rings. The van der Waals surface area contributed by atoms with Gasteiger partial charge in [-0.05, 0) is 126 Å². The Labute approximate surface area is 359 Å². The largest absolute Gasteiger partial charge is 0.335 e. The molecule has 0 N–H and O–H groups in total. The summed E-state index contributed by atoms with van der Waals surface area (Å²) in [6.07, 6.45) is 4.95. The molecule has 8 aromatic rings. The number of benzene rings is 7. The van der Waals surface area contributed by atoms with Crippen molar-refractivity contribution in [3.05, 3.63) is 162 Å². The van der Waals surface area contributed by atoms with E-state index >= 15 is 0 Å². The summed E-state index contributed by atoms with van der Waals surface area (Å²) in [7, 11) is 0. The first-order chi connectivity index (χ1) is 29.0. The predicted octanol–water partition coefficient (Wildman–Crippen LogP) is 13.5. The Kier molecular flexibility index (Phi) is 7.60. The normalized spacial score (nSPS) is 19.9. The van der Waals surface area contributed by atoms with E-state index in [0.29, 0.717) is 0 Å². The molecule has 4 heterocycles. The average molecular weight is 796 g/mol. The molecule has 5 heteroatoms. The van der Waals surface area contributed by atoms with Crippen LogP contribution in [0, 0.1) is 6.92 Å². The summed E-state index contributed by atoms with van der Waals surface area (Å²) < 4.78 is 2.65. The van der Waals surface area contributed by atoms with E-state index in [-0.39, 0.29) is 23.1 Å². The van der Waals surface area contributed by atoms with Crippen LogP contribution < -0.4 is 31.1 Å². The molecular weight excluding hydrogens is 746 g/mol. The summed E-state index contributed by atoms with van der Waals surface area (Å²) >= 11 is 1.92. The van der Waals surface area contributed by atoms with Crippen molar-refractivity contribution in [3.63, 3.8) is 0 Å². The molecule has 0 saturated heterocycles. The summed E-state index contributed by atoms with van der Waals surface area (Å²) in [5, 5.41) is 2.64. The Hall–Kier alpha value is -5.78. The number of rotatable bonds is 4. The SMILES string of the molecule is Cc1cc2c3c(c1)N1c4c(cc(C(C)(C)C)cc4C4(C)CCCCC14C)B3c1ccc(N(c3ccccc3)c3ccccc3)cc1N2c1cccc2c1sc1ccccc12. The highest BCUT2D eigenvalue weighted by atomic mass is 32.1. The second-order valence-corrected chi connectivity index (χ2v) is 20.4. The van der Waals surface area contributed by atoms with Gasteiger partial charge in [0, 0.05) is 60.7 Å². The van der Waals surface area contributed by atoms with Gasteiger partial charge in [-0.25, -0.2) is 0 Å². The molecule has 1 aliphatic carbocycles. The van der Waals surface area contributed by atoms with Gasteiger partial charge in [0.05, 0.1) is 15.9 Å². The third-order valence-corrected chi connectivity index (χ3v) is 16.1. The lowest BCUT2D eigenvalue weighted by molar-refractivity contribution is 0.195. The number of hydrogen-bond acceptors (Lipinski definition) is 4.